The van der Waals surface area contributed by atoms with Gasteiger partial charge < -0.3 is 15.0 Å². The van der Waals surface area contributed by atoms with E-state index in [0.29, 0.717) is 36.0 Å². The molecule has 0 saturated heterocycles. The number of rotatable bonds is 13. The van der Waals surface area contributed by atoms with E-state index in [-0.39, 0.29) is 30.7 Å². The highest BCUT2D eigenvalue weighted by atomic mass is 35.5. The fourth-order valence-electron chi connectivity index (χ4n) is 3.88. The first-order valence-corrected chi connectivity index (χ1v) is 13.3. The van der Waals surface area contributed by atoms with Crippen LogP contribution in [0.3, 0.4) is 0 Å². The van der Waals surface area contributed by atoms with Crippen molar-refractivity contribution in [2.45, 2.75) is 45.7 Å². The summed E-state index contributed by atoms with van der Waals surface area (Å²) in [5, 5.41) is 4.00. The van der Waals surface area contributed by atoms with Crippen LogP contribution in [-0.4, -0.2) is 35.9 Å². The van der Waals surface area contributed by atoms with E-state index < -0.39 is 6.04 Å². The van der Waals surface area contributed by atoms with Gasteiger partial charge in [-0.1, -0.05) is 91.6 Å². The van der Waals surface area contributed by atoms with E-state index in [2.05, 4.69) is 5.32 Å². The zero-order valence-electron chi connectivity index (χ0n) is 21.3. The van der Waals surface area contributed by atoms with Crippen molar-refractivity contribution in [2.24, 2.45) is 5.92 Å². The molecule has 0 fully saturated rings. The molecule has 3 aromatic rings. The van der Waals surface area contributed by atoms with E-state index >= 15 is 0 Å². The average Bonchev–Trinajstić information content (AvgIpc) is 2.89. The van der Waals surface area contributed by atoms with Crippen molar-refractivity contribution in [2.75, 3.05) is 13.2 Å². The second-order valence-electron chi connectivity index (χ2n) is 9.37. The molecule has 0 bridgehead atoms. The number of para-hydroxylation sites is 1. The number of amides is 2. The molecule has 0 aliphatic carbocycles. The molecule has 196 valence electrons. The summed E-state index contributed by atoms with van der Waals surface area (Å²) in [7, 11) is 0. The molecule has 1 N–H and O–H groups in total. The van der Waals surface area contributed by atoms with E-state index in [1.54, 1.807) is 23.1 Å². The normalized spacial score (nSPS) is 11.7. The van der Waals surface area contributed by atoms with Gasteiger partial charge >= 0.3 is 0 Å². The predicted octanol–water partition coefficient (Wildman–Crippen LogP) is 6.56. The van der Waals surface area contributed by atoms with Gasteiger partial charge in [-0.25, -0.2) is 0 Å². The Labute approximate surface area is 229 Å². The molecule has 0 heterocycles. The molecule has 0 spiro atoms. The molecule has 3 aromatic carbocycles. The lowest BCUT2D eigenvalue weighted by atomic mass is 10.0. The number of nitrogens with zero attached hydrogens (tertiary/aromatic N) is 1. The summed E-state index contributed by atoms with van der Waals surface area (Å²) in [5.41, 5.74) is 1.70. The average molecular weight is 542 g/mol. The van der Waals surface area contributed by atoms with Gasteiger partial charge in [-0.05, 0) is 47.7 Å². The minimum Gasteiger partial charge on any atom is -0.494 e. The standard InChI is InChI=1S/C30H34Cl2N2O3/c1-22(2)20-33-30(36)28(18-23-10-5-3-6-11-23)34(21-24-15-16-25(31)19-27(24)32)29(35)14-9-17-37-26-12-7-4-8-13-26/h3-8,10-13,15-16,19,22,28H,9,14,17-18,20-21H2,1-2H3,(H,33,36). The molecule has 7 heteroatoms. The van der Waals surface area contributed by atoms with Crippen molar-refractivity contribution in [3.05, 3.63) is 100 Å². The Kier molecular flexibility index (Phi) is 11.3. The highest BCUT2D eigenvalue weighted by molar-refractivity contribution is 6.35. The first-order chi connectivity index (χ1) is 17.8. The summed E-state index contributed by atoms with van der Waals surface area (Å²) >= 11 is 12.6. The Morgan fingerprint density at radius 3 is 2.27 bits per heavy atom. The van der Waals surface area contributed by atoms with Crippen LogP contribution in [0.4, 0.5) is 0 Å². The summed E-state index contributed by atoms with van der Waals surface area (Å²) in [5.74, 6) is 0.723. The van der Waals surface area contributed by atoms with Gasteiger partial charge in [0.25, 0.3) is 0 Å². The fraction of sp³-hybridized carbons (Fsp3) is 0.333. The number of carbonyl (C=O) groups is 2. The van der Waals surface area contributed by atoms with E-state index in [9.17, 15) is 9.59 Å². The number of carbonyl (C=O) groups excluding carboxylic acids is 2. The molecule has 37 heavy (non-hydrogen) atoms. The monoisotopic (exact) mass is 540 g/mol. The summed E-state index contributed by atoms with van der Waals surface area (Å²) in [4.78, 5) is 28.7. The largest absolute Gasteiger partial charge is 0.494 e. The topological polar surface area (TPSA) is 58.6 Å². The number of nitrogens with one attached hydrogen (secondary N) is 1. The summed E-state index contributed by atoms with van der Waals surface area (Å²) in [6, 6.07) is 23.7. The molecule has 1 atom stereocenters. The third-order valence-corrected chi connectivity index (χ3v) is 6.45. The summed E-state index contributed by atoms with van der Waals surface area (Å²) in [6.45, 7) is 5.19. The fourth-order valence-corrected chi connectivity index (χ4v) is 4.35. The van der Waals surface area contributed by atoms with Crippen LogP contribution in [0, 0.1) is 5.92 Å². The van der Waals surface area contributed by atoms with Crippen molar-refractivity contribution in [3.8, 4) is 5.75 Å². The lowest BCUT2D eigenvalue weighted by Crippen LogP contribution is -2.51. The second kappa shape index (κ2) is 14.7. The van der Waals surface area contributed by atoms with Gasteiger partial charge in [0.15, 0.2) is 0 Å². The highest BCUT2D eigenvalue weighted by Crippen LogP contribution is 2.24. The summed E-state index contributed by atoms with van der Waals surface area (Å²) in [6.07, 6.45) is 1.15. The number of hydrogen-bond donors (Lipinski definition) is 1. The Hall–Kier alpha value is -3.02. The highest BCUT2D eigenvalue weighted by Gasteiger charge is 2.30. The van der Waals surface area contributed by atoms with Crippen molar-refractivity contribution >= 4 is 35.0 Å². The van der Waals surface area contributed by atoms with Crippen LogP contribution in [0.1, 0.15) is 37.8 Å². The van der Waals surface area contributed by atoms with Crippen molar-refractivity contribution in [3.63, 3.8) is 0 Å². The van der Waals surface area contributed by atoms with Crippen molar-refractivity contribution in [1.82, 2.24) is 10.2 Å². The Morgan fingerprint density at radius 2 is 1.62 bits per heavy atom. The van der Waals surface area contributed by atoms with E-state index in [4.69, 9.17) is 27.9 Å². The number of hydrogen-bond acceptors (Lipinski definition) is 3. The van der Waals surface area contributed by atoms with E-state index in [0.717, 1.165) is 16.9 Å². The first kappa shape index (κ1) is 28.5. The third-order valence-electron chi connectivity index (χ3n) is 5.86. The van der Waals surface area contributed by atoms with Gasteiger partial charge in [0.05, 0.1) is 6.61 Å². The maximum Gasteiger partial charge on any atom is 0.243 e. The van der Waals surface area contributed by atoms with Crippen LogP contribution >= 0.6 is 23.2 Å². The maximum absolute atomic E-state index is 13.6. The molecule has 0 aliphatic rings. The first-order valence-electron chi connectivity index (χ1n) is 12.6. The zero-order valence-corrected chi connectivity index (χ0v) is 22.8. The van der Waals surface area contributed by atoms with Gasteiger partial charge in [0, 0.05) is 36.0 Å². The number of benzene rings is 3. The van der Waals surface area contributed by atoms with Crippen LogP contribution < -0.4 is 10.1 Å². The Balaban J connectivity index is 1.82. The molecule has 0 radical (unpaired) electrons. The third kappa shape index (κ3) is 9.42. The minimum atomic E-state index is -0.699. The quantitative estimate of drug-likeness (QED) is 0.249. The molecule has 0 aliphatic heterocycles. The zero-order chi connectivity index (χ0) is 26.6. The molecule has 1 unspecified atom stereocenters. The molecule has 3 rings (SSSR count). The van der Waals surface area contributed by atoms with Crippen LogP contribution in [0.2, 0.25) is 10.0 Å². The van der Waals surface area contributed by atoms with Crippen molar-refractivity contribution in [1.29, 1.82) is 0 Å². The van der Waals surface area contributed by atoms with Gasteiger partial charge in [-0.2, -0.15) is 0 Å². The molecule has 2 amide bonds. The minimum absolute atomic E-state index is 0.136. The predicted molar refractivity (Wildman–Crippen MR) is 150 cm³/mol. The maximum atomic E-state index is 13.6. The summed E-state index contributed by atoms with van der Waals surface area (Å²) < 4.78 is 5.77. The lowest BCUT2D eigenvalue weighted by Gasteiger charge is -2.32. The van der Waals surface area contributed by atoms with Crippen LogP contribution in [0.25, 0.3) is 0 Å². The van der Waals surface area contributed by atoms with Crippen LogP contribution in [0.15, 0.2) is 78.9 Å². The lowest BCUT2D eigenvalue weighted by molar-refractivity contribution is -0.141. The Morgan fingerprint density at radius 1 is 0.946 bits per heavy atom. The number of ether oxygens (including phenoxy) is 1. The second-order valence-corrected chi connectivity index (χ2v) is 10.2. The molecule has 5 nitrogen and oxygen atoms in total. The van der Waals surface area contributed by atoms with Gasteiger partial charge in [0.1, 0.15) is 11.8 Å². The molecular formula is C30H34Cl2N2O3. The Bertz CT molecular complexity index is 1140. The molecular weight excluding hydrogens is 507 g/mol. The van der Waals surface area contributed by atoms with Gasteiger partial charge in [0.2, 0.25) is 11.8 Å². The van der Waals surface area contributed by atoms with Crippen molar-refractivity contribution < 1.29 is 14.3 Å². The number of halogens is 2. The van der Waals surface area contributed by atoms with E-state index in [1.807, 2.05) is 74.5 Å². The molecule has 0 aromatic heterocycles. The smallest absolute Gasteiger partial charge is 0.243 e. The van der Waals surface area contributed by atoms with Gasteiger partial charge in [-0.3, -0.25) is 9.59 Å². The van der Waals surface area contributed by atoms with Gasteiger partial charge in [-0.15, -0.1) is 0 Å². The van der Waals surface area contributed by atoms with Crippen LogP contribution in [-0.2, 0) is 22.6 Å². The SMILES string of the molecule is CC(C)CNC(=O)C(Cc1ccccc1)N(Cc1ccc(Cl)cc1Cl)C(=O)CCCOc1ccccc1. The van der Waals surface area contributed by atoms with E-state index in [1.165, 1.54) is 0 Å². The van der Waals surface area contributed by atoms with Crippen LogP contribution in [0.5, 0.6) is 5.75 Å². The molecule has 0 saturated carbocycles.